The average Bonchev–Trinajstić information content (AvgIpc) is 2.87. The fraction of sp³-hybridized carbons (Fsp3) is 0.100. The molecule has 84 valence electrons. The normalized spacial score (nSPS) is 11.6. The minimum absolute atomic E-state index is 0.0161. The largest absolute Gasteiger partial charge is 0.461 e. The van der Waals surface area contributed by atoms with E-state index in [0.717, 1.165) is 6.26 Å². The maximum Gasteiger partial charge on any atom is 0.244 e. The molecular formula is C10H9NO4S. The van der Waals surface area contributed by atoms with Crippen molar-refractivity contribution in [2.24, 2.45) is 0 Å². The van der Waals surface area contributed by atoms with Gasteiger partial charge in [-0.05, 0) is 24.3 Å². The number of carbonyl (C=O) groups is 1. The highest BCUT2D eigenvalue weighted by Gasteiger charge is 2.16. The second-order valence-corrected chi connectivity index (χ2v) is 5.30. The number of nitrogens with one attached hydrogen (secondary N) is 1. The Balaban J connectivity index is 2.37. The number of furan rings is 1. The summed E-state index contributed by atoms with van der Waals surface area (Å²) in [6.45, 7) is 0. The molecule has 2 aromatic heterocycles. The topological polar surface area (TPSA) is 80.1 Å². The Morgan fingerprint density at radius 2 is 2.06 bits per heavy atom. The molecule has 0 aliphatic heterocycles. The number of sulfone groups is 1. The third-order valence-corrected chi connectivity index (χ3v) is 3.09. The number of rotatable bonds is 3. The Labute approximate surface area is 92.0 Å². The second kappa shape index (κ2) is 3.64. The average molecular weight is 239 g/mol. The zero-order valence-electron chi connectivity index (χ0n) is 8.43. The predicted octanol–water partition coefficient (Wildman–Crippen LogP) is 1.24. The standard InChI is InChI=1S/C10H9NO4S/c1-16(13,14)9-5-4-7(11-9)10(12)8-3-2-6-15-8/h2-6,11H,1H3. The summed E-state index contributed by atoms with van der Waals surface area (Å²) in [5, 5.41) is 0.0161. The first kappa shape index (κ1) is 10.7. The third kappa shape index (κ3) is 1.92. The highest BCUT2D eigenvalue weighted by Crippen LogP contribution is 2.13. The van der Waals surface area contributed by atoms with Crippen molar-refractivity contribution in [3.63, 3.8) is 0 Å². The zero-order chi connectivity index (χ0) is 11.8. The van der Waals surface area contributed by atoms with E-state index in [9.17, 15) is 13.2 Å². The van der Waals surface area contributed by atoms with Gasteiger partial charge in [-0.2, -0.15) is 0 Å². The summed E-state index contributed by atoms with van der Waals surface area (Å²) in [5.74, 6) is -0.207. The molecule has 0 saturated carbocycles. The molecule has 6 heteroatoms. The fourth-order valence-corrected chi connectivity index (χ4v) is 1.87. The van der Waals surface area contributed by atoms with E-state index in [0.29, 0.717) is 0 Å². The van der Waals surface area contributed by atoms with Gasteiger partial charge in [0.15, 0.2) is 15.6 Å². The molecule has 2 heterocycles. The van der Waals surface area contributed by atoms with Crippen LogP contribution in [-0.4, -0.2) is 25.4 Å². The van der Waals surface area contributed by atoms with Crippen LogP contribution < -0.4 is 0 Å². The van der Waals surface area contributed by atoms with Gasteiger partial charge in [0.2, 0.25) is 5.78 Å². The molecule has 1 N–H and O–H groups in total. The van der Waals surface area contributed by atoms with Gasteiger partial charge in [-0.1, -0.05) is 0 Å². The van der Waals surface area contributed by atoms with Crippen LogP contribution in [0.15, 0.2) is 40.0 Å². The molecule has 0 fully saturated rings. The second-order valence-electron chi connectivity index (χ2n) is 3.31. The molecule has 0 bridgehead atoms. The summed E-state index contributed by atoms with van der Waals surface area (Å²) in [4.78, 5) is 14.3. The van der Waals surface area contributed by atoms with Crippen LogP contribution in [0.25, 0.3) is 0 Å². The molecule has 2 aromatic rings. The van der Waals surface area contributed by atoms with E-state index in [-0.39, 0.29) is 22.3 Å². The van der Waals surface area contributed by atoms with Gasteiger partial charge in [-0.15, -0.1) is 0 Å². The molecule has 2 rings (SSSR count). The molecule has 0 aliphatic carbocycles. The number of hydrogen-bond acceptors (Lipinski definition) is 4. The summed E-state index contributed by atoms with van der Waals surface area (Å²) >= 11 is 0. The first-order valence-electron chi connectivity index (χ1n) is 4.46. The van der Waals surface area contributed by atoms with Crippen molar-refractivity contribution in [2.45, 2.75) is 5.03 Å². The number of aromatic nitrogens is 1. The highest BCUT2D eigenvalue weighted by molar-refractivity contribution is 7.90. The van der Waals surface area contributed by atoms with Crippen molar-refractivity contribution in [3.8, 4) is 0 Å². The number of H-pyrrole nitrogens is 1. The molecule has 0 unspecified atom stereocenters. The lowest BCUT2D eigenvalue weighted by molar-refractivity contribution is 0.100. The molecule has 0 radical (unpaired) electrons. The number of hydrogen-bond donors (Lipinski definition) is 1. The van der Waals surface area contributed by atoms with Gasteiger partial charge in [0, 0.05) is 6.26 Å². The van der Waals surface area contributed by atoms with E-state index >= 15 is 0 Å². The molecule has 0 aliphatic rings. The van der Waals surface area contributed by atoms with E-state index < -0.39 is 9.84 Å². The Kier molecular flexibility index (Phi) is 2.43. The monoisotopic (exact) mass is 239 g/mol. The summed E-state index contributed by atoms with van der Waals surface area (Å²) in [6.07, 6.45) is 2.45. The van der Waals surface area contributed by atoms with Crippen LogP contribution in [0, 0.1) is 0 Å². The predicted molar refractivity (Wildman–Crippen MR) is 56.0 cm³/mol. The van der Waals surface area contributed by atoms with Crippen LogP contribution in [0.5, 0.6) is 0 Å². The smallest absolute Gasteiger partial charge is 0.244 e. The molecule has 0 spiro atoms. The van der Waals surface area contributed by atoms with Crippen molar-refractivity contribution >= 4 is 15.6 Å². The number of aromatic amines is 1. The SMILES string of the molecule is CS(=O)(=O)c1ccc(C(=O)c2ccco2)[nH]1. The van der Waals surface area contributed by atoms with Gasteiger partial charge < -0.3 is 9.40 Å². The maximum atomic E-state index is 11.7. The lowest BCUT2D eigenvalue weighted by Crippen LogP contribution is -2.02. The van der Waals surface area contributed by atoms with Crippen LogP contribution in [0.4, 0.5) is 0 Å². The Bertz CT molecular complexity index is 607. The minimum atomic E-state index is -3.32. The van der Waals surface area contributed by atoms with Gasteiger partial charge in [0.25, 0.3) is 0 Å². The van der Waals surface area contributed by atoms with E-state index in [1.165, 1.54) is 24.5 Å². The van der Waals surface area contributed by atoms with Crippen LogP contribution in [0.1, 0.15) is 16.2 Å². The van der Waals surface area contributed by atoms with Crippen molar-refractivity contribution in [3.05, 3.63) is 42.0 Å². The number of ketones is 1. The third-order valence-electron chi connectivity index (χ3n) is 2.05. The van der Waals surface area contributed by atoms with Crippen molar-refractivity contribution in [2.75, 3.05) is 6.26 Å². The van der Waals surface area contributed by atoms with Gasteiger partial charge in [0.1, 0.15) is 5.03 Å². The number of carbonyl (C=O) groups excluding carboxylic acids is 1. The van der Waals surface area contributed by atoms with Crippen molar-refractivity contribution in [1.82, 2.24) is 4.98 Å². The van der Waals surface area contributed by atoms with E-state index in [4.69, 9.17) is 4.42 Å². The lowest BCUT2D eigenvalue weighted by Gasteiger charge is -1.94. The quantitative estimate of drug-likeness (QED) is 0.817. The fourth-order valence-electron chi connectivity index (χ4n) is 1.26. The van der Waals surface area contributed by atoms with E-state index in [1.807, 2.05) is 0 Å². The first-order chi connectivity index (χ1) is 7.48. The Morgan fingerprint density at radius 3 is 2.56 bits per heavy atom. The summed E-state index contributed by atoms with van der Waals surface area (Å²) in [6, 6.07) is 5.88. The van der Waals surface area contributed by atoms with E-state index in [2.05, 4.69) is 4.98 Å². The minimum Gasteiger partial charge on any atom is -0.461 e. The first-order valence-corrected chi connectivity index (χ1v) is 6.35. The molecule has 0 aromatic carbocycles. The van der Waals surface area contributed by atoms with Crippen molar-refractivity contribution in [1.29, 1.82) is 0 Å². The molecular weight excluding hydrogens is 230 g/mol. The molecule has 5 nitrogen and oxygen atoms in total. The van der Waals surface area contributed by atoms with Gasteiger partial charge in [-0.3, -0.25) is 4.79 Å². The van der Waals surface area contributed by atoms with Crippen LogP contribution in [0.2, 0.25) is 0 Å². The van der Waals surface area contributed by atoms with Crippen LogP contribution >= 0.6 is 0 Å². The lowest BCUT2D eigenvalue weighted by atomic mass is 10.2. The van der Waals surface area contributed by atoms with Crippen LogP contribution in [0.3, 0.4) is 0 Å². The maximum absolute atomic E-state index is 11.7. The summed E-state index contributed by atoms with van der Waals surface area (Å²) < 4.78 is 27.3. The van der Waals surface area contributed by atoms with Gasteiger partial charge in [0.05, 0.1) is 12.0 Å². The molecule has 0 saturated heterocycles. The Morgan fingerprint density at radius 1 is 1.31 bits per heavy atom. The van der Waals surface area contributed by atoms with Gasteiger partial charge >= 0.3 is 0 Å². The van der Waals surface area contributed by atoms with Gasteiger partial charge in [-0.25, -0.2) is 8.42 Å². The Hall–Kier alpha value is -1.82. The zero-order valence-corrected chi connectivity index (χ0v) is 9.24. The highest BCUT2D eigenvalue weighted by atomic mass is 32.2. The van der Waals surface area contributed by atoms with E-state index in [1.54, 1.807) is 6.07 Å². The summed E-state index contributed by atoms with van der Waals surface area (Å²) in [5.41, 5.74) is 0.190. The molecule has 0 amide bonds. The van der Waals surface area contributed by atoms with Crippen molar-refractivity contribution < 1.29 is 17.6 Å². The molecule has 0 atom stereocenters. The van der Waals surface area contributed by atoms with Crippen LogP contribution in [-0.2, 0) is 9.84 Å². The molecule has 16 heavy (non-hydrogen) atoms. The summed E-state index contributed by atoms with van der Waals surface area (Å²) in [7, 11) is -3.32.